The van der Waals surface area contributed by atoms with Crippen molar-refractivity contribution >= 4 is 11.0 Å². The highest BCUT2D eigenvalue weighted by molar-refractivity contribution is 5.81. The first-order chi connectivity index (χ1) is 10.3. The van der Waals surface area contributed by atoms with E-state index in [0.29, 0.717) is 0 Å². The van der Waals surface area contributed by atoms with Crippen LogP contribution in [0.5, 0.6) is 5.75 Å². The summed E-state index contributed by atoms with van der Waals surface area (Å²) in [5, 5.41) is 4.61. The molecule has 1 aromatic carbocycles. The molecule has 1 atom stereocenters. The first-order valence-electron chi connectivity index (χ1n) is 7.02. The molecule has 0 saturated heterocycles. The standard InChI is InChI=1S/C17H18N2O2/c1-3-19-17(12-8-13(20-2)10-18-9-12)15-11-21-16-7-5-4-6-14(15)16/h4-11,17,19H,3H2,1-2H3. The molecule has 0 fully saturated rings. The zero-order valence-corrected chi connectivity index (χ0v) is 12.2. The fourth-order valence-electron chi connectivity index (χ4n) is 2.54. The molecule has 0 radical (unpaired) electrons. The van der Waals surface area contributed by atoms with Gasteiger partial charge in [-0.3, -0.25) is 4.98 Å². The molecule has 108 valence electrons. The van der Waals surface area contributed by atoms with E-state index in [1.807, 2.05) is 36.7 Å². The summed E-state index contributed by atoms with van der Waals surface area (Å²) in [6.45, 7) is 2.93. The van der Waals surface area contributed by atoms with Crippen LogP contribution in [0.25, 0.3) is 11.0 Å². The van der Waals surface area contributed by atoms with Crippen LogP contribution < -0.4 is 10.1 Å². The molecule has 2 heterocycles. The van der Waals surface area contributed by atoms with Gasteiger partial charge in [-0.15, -0.1) is 0 Å². The van der Waals surface area contributed by atoms with E-state index in [4.69, 9.17) is 9.15 Å². The molecule has 0 spiro atoms. The lowest BCUT2D eigenvalue weighted by Crippen LogP contribution is -2.21. The van der Waals surface area contributed by atoms with Crippen molar-refractivity contribution in [3.05, 3.63) is 60.1 Å². The number of pyridine rings is 1. The van der Waals surface area contributed by atoms with Crippen molar-refractivity contribution in [3.8, 4) is 5.75 Å². The molecule has 3 aromatic rings. The monoisotopic (exact) mass is 282 g/mol. The minimum Gasteiger partial charge on any atom is -0.495 e. The van der Waals surface area contributed by atoms with E-state index in [1.165, 1.54) is 0 Å². The summed E-state index contributed by atoms with van der Waals surface area (Å²) < 4.78 is 10.9. The molecule has 0 aliphatic heterocycles. The number of nitrogens with zero attached hydrogens (tertiary/aromatic N) is 1. The third-order valence-corrected chi connectivity index (χ3v) is 3.53. The highest BCUT2D eigenvalue weighted by Crippen LogP contribution is 2.31. The molecule has 0 bridgehead atoms. The lowest BCUT2D eigenvalue weighted by atomic mass is 9.99. The minimum absolute atomic E-state index is 0.0289. The van der Waals surface area contributed by atoms with Gasteiger partial charge in [0.05, 0.1) is 25.6 Å². The molecular weight excluding hydrogens is 264 g/mol. The normalized spacial score (nSPS) is 12.5. The van der Waals surface area contributed by atoms with Crippen molar-refractivity contribution in [1.29, 1.82) is 0 Å². The van der Waals surface area contributed by atoms with Gasteiger partial charge in [0.25, 0.3) is 0 Å². The largest absolute Gasteiger partial charge is 0.495 e. The maximum Gasteiger partial charge on any atom is 0.137 e. The molecule has 4 nitrogen and oxygen atoms in total. The quantitative estimate of drug-likeness (QED) is 0.777. The van der Waals surface area contributed by atoms with Crippen LogP contribution in [0.4, 0.5) is 0 Å². The van der Waals surface area contributed by atoms with Crippen molar-refractivity contribution < 1.29 is 9.15 Å². The Balaban J connectivity index is 2.08. The SMILES string of the molecule is CCNC(c1cncc(OC)c1)c1coc2ccccc12. The summed E-state index contributed by atoms with van der Waals surface area (Å²) in [5.74, 6) is 0.753. The Labute approximate surface area is 123 Å². The maximum absolute atomic E-state index is 5.66. The van der Waals surface area contributed by atoms with Gasteiger partial charge in [0.2, 0.25) is 0 Å². The maximum atomic E-state index is 5.66. The second kappa shape index (κ2) is 5.97. The van der Waals surface area contributed by atoms with Crippen molar-refractivity contribution in [3.63, 3.8) is 0 Å². The van der Waals surface area contributed by atoms with Gasteiger partial charge in [0.15, 0.2) is 0 Å². The molecular formula is C17H18N2O2. The van der Waals surface area contributed by atoms with Crippen molar-refractivity contribution in [2.24, 2.45) is 0 Å². The summed E-state index contributed by atoms with van der Waals surface area (Å²) in [7, 11) is 1.65. The van der Waals surface area contributed by atoms with E-state index in [2.05, 4.69) is 23.3 Å². The number of nitrogens with one attached hydrogen (secondary N) is 1. The van der Waals surface area contributed by atoms with Crippen molar-refractivity contribution in [1.82, 2.24) is 10.3 Å². The molecule has 1 unspecified atom stereocenters. The number of aromatic nitrogens is 1. The Morgan fingerprint density at radius 2 is 2.14 bits per heavy atom. The molecule has 3 rings (SSSR count). The van der Waals surface area contributed by atoms with Crippen molar-refractivity contribution in [2.75, 3.05) is 13.7 Å². The average Bonchev–Trinajstić information content (AvgIpc) is 2.96. The smallest absolute Gasteiger partial charge is 0.137 e. The fraction of sp³-hybridized carbons (Fsp3) is 0.235. The number of hydrogen-bond acceptors (Lipinski definition) is 4. The topological polar surface area (TPSA) is 47.3 Å². The Bertz CT molecular complexity index is 736. The van der Waals surface area contributed by atoms with E-state index in [1.54, 1.807) is 13.3 Å². The minimum atomic E-state index is 0.0289. The van der Waals surface area contributed by atoms with Gasteiger partial charge < -0.3 is 14.5 Å². The third-order valence-electron chi connectivity index (χ3n) is 3.53. The van der Waals surface area contributed by atoms with Crippen LogP contribution in [-0.4, -0.2) is 18.6 Å². The number of hydrogen-bond donors (Lipinski definition) is 1. The average molecular weight is 282 g/mol. The van der Waals surface area contributed by atoms with E-state index in [-0.39, 0.29) is 6.04 Å². The Hall–Kier alpha value is -2.33. The predicted molar refractivity (Wildman–Crippen MR) is 82.5 cm³/mol. The second-order valence-electron chi connectivity index (χ2n) is 4.84. The summed E-state index contributed by atoms with van der Waals surface area (Å²) in [5.41, 5.74) is 3.07. The molecule has 2 aromatic heterocycles. The predicted octanol–water partition coefficient (Wildman–Crippen LogP) is 3.54. The van der Waals surface area contributed by atoms with E-state index < -0.39 is 0 Å². The van der Waals surface area contributed by atoms with Crippen LogP contribution in [0.1, 0.15) is 24.1 Å². The van der Waals surface area contributed by atoms with Gasteiger partial charge in [0.1, 0.15) is 11.3 Å². The fourth-order valence-corrected chi connectivity index (χ4v) is 2.54. The van der Waals surface area contributed by atoms with Gasteiger partial charge in [-0.2, -0.15) is 0 Å². The molecule has 21 heavy (non-hydrogen) atoms. The van der Waals surface area contributed by atoms with Gasteiger partial charge in [0, 0.05) is 17.1 Å². The van der Waals surface area contributed by atoms with Crippen LogP contribution in [0.2, 0.25) is 0 Å². The lowest BCUT2D eigenvalue weighted by molar-refractivity contribution is 0.411. The number of fused-ring (bicyclic) bond motifs is 1. The number of rotatable bonds is 5. The lowest BCUT2D eigenvalue weighted by Gasteiger charge is -2.17. The Morgan fingerprint density at radius 3 is 2.95 bits per heavy atom. The number of methoxy groups -OCH3 is 1. The van der Waals surface area contributed by atoms with Crippen LogP contribution in [-0.2, 0) is 0 Å². The molecule has 0 saturated carbocycles. The van der Waals surface area contributed by atoms with Crippen LogP contribution in [0.15, 0.2) is 53.4 Å². The Kier molecular flexibility index (Phi) is 3.88. The molecule has 4 heteroatoms. The molecule has 1 N–H and O–H groups in total. The number of ether oxygens (including phenoxy) is 1. The van der Waals surface area contributed by atoms with Gasteiger partial charge in [-0.05, 0) is 24.2 Å². The third kappa shape index (κ3) is 2.62. The van der Waals surface area contributed by atoms with Gasteiger partial charge in [-0.25, -0.2) is 0 Å². The summed E-state index contributed by atoms with van der Waals surface area (Å²) >= 11 is 0. The van der Waals surface area contributed by atoms with Gasteiger partial charge >= 0.3 is 0 Å². The second-order valence-corrected chi connectivity index (χ2v) is 4.84. The van der Waals surface area contributed by atoms with Crippen molar-refractivity contribution in [2.45, 2.75) is 13.0 Å². The molecule has 0 aliphatic carbocycles. The summed E-state index contributed by atoms with van der Waals surface area (Å²) in [4.78, 5) is 4.25. The highest BCUT2D eigenvalue weighted by Gasteiger charge is 2.19. The summed E-state index contributed by atoms with van der Waals surface area (Å²) in [6.07, 6.45) is 5.38. The highest BCUT2D eigenvalue weighted by atomic mass is 16.5. The van der Waals surface area contributed by atoms with Crippen LogP contribution >= 0.6 is 0 Å². The summed E-state index contributed by atoms with van der Waals surface area (Å²) in [6, 6.07) is 10.1. The number of para-hydroxylation sites is 1. The molecule has 0 aliphatic rings. The van der Waals surface area contributed by atoms with E-state index in [9.17, 15) is 0 Å². The van der Waals surface area contributed by atoms with Crippen LogP contribution in [0, 0.1) is 0 Å². The zero-order chi connectivity index (χ0) is 14.7. The van der Waals surface area contributed by atoms with E-state index >= 15 is 0 Å². The first-order valence-corrected chi connectivity index (χ1v) is 7.02. The van der Waals surface area contributed by atoms with Gasteiger partial charge in [-0.1, -0.05) is 25.1 Å². The Morgan fingerprint density at radius 1 is 1.29 bits per heavy atom. The number of benzene rings is 1. The zero-order valence-electron chi connectivity index (χ0n) is 12.2. The molecule has 0 amide bonds. The number of furan rings is 1. The first kappa shape index (κ1) is 13.6. The van der Waals surface area contributed by atoms with E-state index in [0.717, 1.165) is 34.4 Å². The van der Waals surface area contributed by atoms with Crippen LogP contribution in [0.3, 0.4) is 0 Å².